The maximum Gasteiger partial charge on any atom is 0.489 e. The molecule has 8 N–H and O–H groups in total. The maximum atomic E-state index is 9.79. The molecule has 0 spiro atoms. The van der Waals surface area contributed by atoms with Gasteiger partial charge in [0, 0.05) is 0 Å². The van der Waals surface area contributed by atoms with E-state index in [9.17, 15) is 5.11 Å². The van der Waals surface area contributed by atoms with E-state index in [-0.39, 0.29) is 6.54 Å². The molecule has 10 heteroatoms. The average Bonchev–Trinajstić information content (AvgIpc) is 2.23. The first-order valence-electron chi connectivity index (χ1n) is 6.14. The number of hydrogen-bond acceptors (Lipinski definition) is 7. The third-order valence-electron chi connectivity index (χ3n) is 3.06. The van der Waals surface area contributed by atoms with Crippen molar-refractivity contribution in [3.05, 3.63) is 0 Å². The molecule has 0 saturated carbocycles. The molecule has 116 valence electrons. The van der Waals surface area contributed by atoms with Crippen molar-refractivity contribution in [3.8, 4) is 0 Å². The summed E-state index contributed by atoms with van der Waals surface area (Å²) in [6.07, 6.45) is 2.50. The molecule has 0 aliphatic carbocycles. The van der Waals surface area contributed by atoms with Gasteiger partial charge in [-0.1, -0.05) is 13.3 Å². The lowest BCUT2D eigenvalue weighted by atomic mass is 10.2. The lowest BCUT2D eigenvalue weighted by molar-refractivity contribution is -0.880. The highest BCUT2D eigenvalue weighted by atomic mass is 31.3. The Hall–Kier alpha value is 0.540. The Balaban J connectivity index is 4.54. The second-order valence-electron chi connectivity index (χ2n) is 4.83. The molecule has 0 saturated heterocycles. The lowest BCUT2D eigenvalue weighted by Crippen LogP contribution is -3.09. The van der Waals surface area contributed by atoms with E-state index in [4.69, 9.17) is 29.4 Å². The second kappa shape index (κ2) is 7.52. The molecule has 0 aliphatic heterocycles. The summed E-state index contributed by atoms with van der Waals surface area (Å²) in [6, 6.07) is 0. The van der Waals surface area contributed by atoms with E-state index in [2.05, 4.69) is 6.92 Å². The molecule has 0 aromatic carbocycles. The van der Waals surface area contributed by atoms with Crippen molar-refractivity contribution in [2.24, 2.45) is 0 Å². The summed E-state index contributed by atoms with van der Waals surface area (Å²) < 4.78 is 0. The van der Waals surface area contributed by atoms with Crippen LogP contribution in [0.5, 0.6) is 0 Å². The summed E-state index contributed by atoms with van der Waals surface area (Å²) in [7, 11) is -8.22. The molecule has 0 bridgehead atoms. The number of hydrogen-bond donors (Lipinski definition) is 8. The zero-order valence-electron chi connectivity index (χ0n) is 11.3. The molecular weight excluding hydrogens is 296 g/mol. The zero-order valence-corrected chi connectivity index (χ0v) is 13.1. The van der Waals surface area contributed by atoms with Crippen LogP contribution in [0.1, 0.15) is 32.6 Å². The Morgan fingerprint density at radius 2 is 1.37 bits per heavy atom. The van der Waals surface area contributed by atoms with Crippen LogP contribution in [0.15, 0.2) is 0 Å². The first kappa shape index (κ1) is 19.5. The summed E-state index contributed by atoms with van der Waals surface area (Å²) in [5.41, 5.74) is 0. The second-order valence-corrected chi connectivity index (χ2v) is 8.93. The van der Waals surface area contributed by atoms with Crippen molar-refractivity contribution in [1.29, 1.82) is 0 Å². The molecule has 0 aromatic heterocycles. The van der Waals surface area contributed by atoms with Gasteiger partial charge < -0.3 is 10.0 Å². The minimum absolute atomic E-state index is 0.146. The third-order valence-corrected chi connectivity index (χ3v) is 7.03. The largest absolute Gasteiger partial charge is 0.489 e. The first-order chi connectivity index (χ1) is 8.45. The monoisotopic (exact) mass is 322 g/mol. The average molecular weight is 322 g/mol. The van der Waals surface area contributed by atoms with Crippen LogP contribution in [0.25, 0.3) is 0 Å². The van der Waals surface area contributed by atoms with Gasteiger partial charge in [-0.15, -0.1) is 0 Å². The summed E-state index contributed by atoms with van der Waals surface area (Å²) >= 11 is 0. The van der Waals surface area contributed by atoms with Crippen molar-refractivity contribution in [3.63, 3.8) is 0 Å². The van der Waals surface area contributed by atoms with Crippen LogP contribution in [0.3, 0.4) is 0 Å². The molecule has 19 heavy (non-hydrogen) atoms. The Labute approximate surface area is 114 Å². The van der Waals surface area contributed by atoms with Gasteiger partial charge >= 0.3 is 21.0 Å². The van der Waals surface area contributed by atoms with Gasteiger partial charge in [-0.05, 0) is 12.8 Å². The van der Waals surface area contributed by atoms with Gasteiger partial charge in [0.05, 0.1) is 20.1 Å². The summed E-state index contributed by atoms with van der Waals surface area (Å²) in [6.45, 7) is 2.96. The maximum absolute atomic E-state index is 9.79. The smallest absolute Gasteiger partial charge is 0.337 e. The summed E-state index contributed by atoms with van der Waals surface area (Å²) in [5.74, 6) is 0. The molecule has 0 amide bonds. The number of quaternary nitrogens is 1. The van der Waals surface area contributed by atoms with Crippen LogP contribution in [0, 0.1) is 0 Å². The van der Waals surface area contributed by atoms with Crippen molar-refractivity contribution in [2.45, 2.75) is 37.7 Å². The van der Waals surface area contributed by atoms with E-state index < -0.39 is 27.4 Å². The van der Waals surface area contributed by atoms with Crippen molar-refractivity contribution in [2.75, 3.05) is 20.1 Å². The highest BCUT2D eigenvalue weighted by Gasteiger charge is 2.79. The molecule has 0 aliphatic rings. The van der Waals surface area contributed by atoms with Gasteiger partial charge in [-0.2, -0.15) is 29.4 Å². The van der Waals surface area contributed by atoms with Gasteiger partial charge in [0.15, 0.2) is 0 Å². The summed E-state index contributed by atoms with van der Waals surface area (Å²) in [5, 5.41) is 6.73. The van der Waals surface area contributed by atoms with E-state index in [0.29, 0.717) is 0 Å². The minimum Gasteiger partial charge on any atom is -0.337 e. The number of nitrogens with one attached hydrogen (secondary N) is 1. The topological polar surface area (TPSA) is 146 Å². The van der Waals surface area contributed by atoms with E-state index >= 15 is 0 Å². The van der Waals surface area contributed by atoms with Crippen molar-refractivity contribution in [1.82, 2.24) is 0 Å². The van der Waals surface area contributed by atoms with Crippen molar-refractivity contribution >= 4 is 15.9 Å². The third kappa shape index (κ3) is 5.81. The van der Waals surface area contributed by atoms with E-state index in [0.717, 1.165) is 30.7 Å². The van der Waals surface area contributed by atoms with Crippen LogP contribution in [0.4, 0.5) is 0 Å². The summed E-state index contributed by atoms with van der Waals surface area (Å²) in [4.78, 5) is 55.6. The number of aliphatic hydroxyl groups is 1. The highest BCUT2D eigenvalue weighted by Crippen LogP contribution is 2.76. The van der Waals surface area contributed by atoms with Crippen LogP contribution in [-0.2, 0) is 0 Å². The number of rotatable bonds is 9. The van der Waals surface area contributed by atoms with Crippen molar-refractivity contribution < 1.29 is 39.4 Å². The predicted octanol–water partition coefficient (Wildman–Crippen LogP) is -1.79. The molecule has 0 rings (SSSR count). The fourth-order valence-electron chi connectivity index (χ4n) is 1.66. The lowest BCUT2D eigenvalue weighted by Gasteiger charge is -2.25. The molecular formula is C9H26NO7P2+3. The highest BCUT2D eigenvalue weighted by molar-refractivity contribution is 7.78. The Bertz CT molecular complexity index is 252. The van der Waals surface area contributed by atoms with Crippen LogP contribution in [0.2, 0.25) is 0 Å². The zero-order chi connectivity index (χ0) is 15.3. The van der Waals surface area contributed by atoms with Gasteiger partial charge in [0.2, 0.25) is 0 Å². The van der Waals surface area contributed by atoms with E-state index in [1.165, 1.54) is 0 Å². The number of unbranched alkanes of at least 4 members (excludes halogenated alkanes) is 2. The molecule has 0 radical (unpaired) electrons. The molecule has 0 aromatic rings. The Morgan fingerprint density at radius 3 is 1.74 bits per heavy atom. The van der Waals surface area contributed by atoms with E-state index in [1.807, 2.05) is 0 Å². The molecule has 1 atom stereocenters. The van der Waals surface area contributed by atoms with Crippen LogP contribution < -0.4 is 4.90 Å². The van der Waals surface area contributed by atoms with Gasteiger partial charge in [-0.25, -0.2) is 0 Å². The quantitative estimate of drug-likeness (QED) is 0.185. The molecule has 1 unspecified atom stereocenters. The first-order valence-corrected chi connectivity index (χ1v) is 9.43. The van der Waals surface area contributed by atoms with E-state index in [1.54, 1.807) is 7.05 Å². The molecule has 0 fully saturated rings. The Kier molecular flexibility index (Phi) is 7.73. The standard InChI is InChI=1S/C9H25NO7P2/c1-3-4-5-7-10(2)8-6-9(11,18(12,13)14)19(15,16)17/h11-17H,3-8H2,1-2H3/q+2/p+1. The van der Waals surface area contributed by atoms with Gasteiger partial charge in [0.1, 0.15) is 6.42 Å². The minimum atomic E-state index is -5.01. The molecule has 8 nitrogen and oxygen atoms in total. The molecule has 0 heterocycles. The van der Waals surface area contributed by atoms with Crippen LogP contribution >= 0.6 is 15.9 Å². The van der Waals surface area contributed by atoms with Crippen LogP contribution in [-0.4, -0.2) is 59.7 Å². The Morgan fingerprint density at radius 1 is 0.895 bits per heavy atom. The SMILES string of the molecule is CCCCC[NH+](C)CCC(O)([P+](O)(O)O)[P+](O)(O)O. The fourth-order valence-corrected chi connectivity index (χ4v) is 3.93. The predicted molar refractivity (Wildman–Crippen MR) is 72.9 cm³/mol. The van der Waals surface area contributed by atoms with Gasteiger partial charge in [0.25, 0.3) is 0 Å². The van der Waals surface area contributed by atoms with Gasteiger partial charge in [-0.3, -0.25) is 0 Å². The fraction of sp³-hybridized carbons (Fsp3) is 1.00. The normalized spacial score (nSPS) is 15.6.